The fourth-order valence-electron chi connectivity index (χ4n) is 2.59. The lowest BCUT2D eigenvalue weighted by Gasteiger charge is -2.42. The van der Waals surface area contributed by atoms with Gasteiger partial charge in [0, 0.05) is 6.42 Å². The highest BCUT2D eigenvalue weighted by molar-refractivity contribution is 5.26. The molecule has 92 valence electrons. The molecular weight excluding hydrogens is 208 g/mol. The summed E-state index contributed by atoms with van der Waals surface area (Å²) < 4.78 is 0. The quantitative estimate of drug-likeness (QED) is 0.775. The highest BCUT2D eigenvalue weighted by Crippen LogP contribution is 2.31. The van der Waals surface area contributed by atoms with Crippen molar-refractivity contribution in [1.82, 2.24) is 10.6 Å². The van der Waals surface area contributed by atoms with E-state index in [1.807, 2.05) is 0 Å². The predicted molar refractivity (Wildman–Crippen MR) is 73.5 cm³/mol. The summed E-state index contributed by atoms with van der Waals surface area (Å²) in [7, 11) is 0. The summed E-state index contributed by atoms with van der Waals surface area (Å²) in [5, 5.41) is 7.05. The maximum atomic E-state index is 3.52. The van der Waals surface area contributed by atoms with Gasteiger partial charge in [-0.05, 0) is 37.4 Å². The molecule has 2 aliphatic heterocycles. The van der Waals surface area contributed by atoms with E-state index in [4.69, 9.17) is 0 Å². The van der Waals surface area contributed by atoms with Crippen LogP contribution in [0.25, 0.3) is 0 Å². The van der Waals surface area contributed by atoms with E-state index in [9.17, 15) is 0 Å². The van der Waals surface area contributed by atoms with E-state index in [0.717, 1.165) is 19.3 Å². The van der Waals surface area contributed by atoms with Crippen LogP contribution in [0.4, 0.5) is 0 Å². The van der Waals surface area contributed by atoms with Gasteiger partial charge in [0.1, 0.15) is 0 Å². The van der Waals surface area contributed by atoms with E-state index >= 15 is 0 Å². The molecule has 2 aliphatic rings. The van der Waals surface area contributed by atoms with Crippen LogP contribution < -0.4 is 10.6 Å². The van der Waals surface area contributed by atoms with Crippen molar-refractivity contribution in [3.63, 3.8) is 0 Å². The topological polar surface area (TPSA) is 24.1 Å². The lowest BCUT2D eigenvalue weighted by Crippen LogP contribution is -2.52. The van der Waals surface area contributed by atoms with Gasteiger partial charge < -0.3 is 10.6 Å². The monoisotopic (exact) mass is 230 g/mol. The first kappa shape index (κ1) is 12.0. The van der Waals surface area contributed by atoms with Crippen LogP contribution in [-0.4, -0.2) is 11.1 Å². The Bertz CT molecular complexity index is 342. The number of hydrogen-bond acceptors (Lipinski definition) is 2. The molecular formula is C15H22N2. The summed E-state index contributed by atoms with van der Waals surface area (Å²) >= 11 is 0. The summed E-state index contributed by atoms with van der Waals surface area (Å²) in [6, 6.07) is 0. The smallest absolute Gasteiger partial charge is 0.0576 e. The normalized spacial score (nSPS) is 34.5. The molecule has 0 fully saturated rings. The second-order valence-electron chi connectivity index (χ2n) is 4.92. The standard InChI is InChI=1S/C15H22N2/c1-3-14(9-5-7-11-16-14)13-15(4-2)10-6-8-12-17-15/h5-12,16-17H,3-4,13H2,1-2H3. The maximum Gasteiger partial charge on any atom is 0.0576 e. The van der Waals surface area contributed by atoms with Gasteiger partial charge in [0.2, 0.25) is 0 Å². The summed E-state index contributed by atoms with van der Waals surface area (Å²) in [6.07, 6.45) is 20.3. The van der Waals surface area contributed by atoms with Crippen LogP contribution >= 0.6 is 0 Å². The van der Waals surface area contributed by atoms with Crippen LogP contribution in [0.5, 0.6) is 0 Å². The average molecular weight is 230 g/mol. The zero-order valence-corrected chi connectivity index (χ0v) is 10.7. The molecule has 0 radical (unpaired) electrons. The minimum atomic E-state index is 0.0767. The largest absolute Gasteiger partial charge is 0.382 e. The van der Waals surface area contributed by atoms with Crippen molar-refractivity contribution < 1.29 is 0 Å². The third-order valence-corrected chi connectivity index (χ3v) is 3.88. The molecule has 2 N–H and O–H groups in total. The van der Waals surface area contributed by atoms with Crippen molar-refractivity contribution in [2.45, 2.75) is 44.2 Å². The first-order valence-corrected chi connectivity index (χ1v) is 6.48. The Kier molecular flexibility index (Phi) is 3.41. The average Bonchev–Trinajstić information content (AvgIpc) is 2.41. The molecule has 0 aromatic heterocycles. The number of rotatable bonds is 4. The number of hydrogen-bond donors (Lipinski definition) is 2. The van der Waals surface area contributed by atoms with Crippen LogP contribution in [0.2, 0.25) is 0 Å². The van der Waals surface area contributed by atoms with Gasteiger partial charge in [0.15, 0.2) is 0 Å². The Morgan fingerprint density at radius 3 is 1.53 bits per heavy atom. The van der Waals surface area contributed by atoms with Crippen molar-refractivity contribution in [1.29, 1.82) is 0 Å². The Morgan fingerprint density at radius 1 is 0.765 bits per heavy atom. The molecule has 2 nitrogen and oxygen atoms in total. The zero-order chi connectivity index (χ0) is 12.2. The molecule has 2 rings (SSSR count). The second-order valence-corrected chi connectivity index (χ2v) is 4.92. The van der Waals surface area contributed by atoms with E-state index in [1.165, 1.54) is 0 Å². The van der Waals surface area contributed by atoms with Crippen LogP contribution in [0, 0.1) is 0 Å². The van der Waals surface area contributed by atoms with Gasteiger partial charge in [-0.1, -0.05) is 38.2 Å². The molecule has 0 bridgehead atoms. The van der Waals surface area contributed by atoms with Crippen LogP contribution in [0.1, 0.15) is 33.1 Å². The third-order valence-electron chi connectivity index (χ3n) is 3.88. The Hall–Kier alpha value is -1.44. The molecule has 2 heterocycles. The van der Waals surface area contributed by atoms with Crippen LogP contribution in [0.15, 0.2) is 48.9 Å². The van der Waals surface area contributed by atoms with Crippen LogP contribution in [0.3, 0.4) is 0 Å². The summed E-state index contributed by atoms with van der Waals surface area (Å²) in [6.45, 7) is 4.48. The van der Waals surface area contributed by atoms with E-state index in [0.29, 0.717) is 0 Å². The van der Waals surface area contributed by atoms with Gasteiger partial charge in [0.25, 0.3) is 0 Å². The number of dihydropyridines is 2. The molecule has 2 unspecified atom stereocenters. The van der Waals surface area contributed by atoms with E-state index < -0.39 is 0 Å². The van der Waals surface area contributed by atoms with Gasteiger partial charge in [-0.25, -0.2) is 0 Å². The van der Waals surface area contributed by atoms with Gasteiger partial charge in [-0.2, -0.15) is 0 Å². The van der Waals surface area contributed by atoms with Crippen molar-refractivity contribution in [2.75, 3.05) is 0 Å². The van der Waals surface area contributed by atoms with Crippen molar-refractivity contribution in [3.8, 4) is 0 Å². The van der Waals surface area contributed by atoms with Gasteiger partial charge in [-0.15, -0.1) is 0 Å². The Balaban J connectivity index is 2.17. The Morgan fingerprint density at radius 2 is 1.24 bits per heavy atom. The molecule has 0 saturated heterocycles. The Labute approximate surface area is 104 Å². The van der Waals surface area contributed by atoms with E-state index in [-0.39, 0.29) is 11.1 Å². The molecule has 17 heavy (non-hydrogen) atoms. The molecule has 0 spiro atoms. The molecule has 0 aromatic rings. The lowest BCUT2D eigenvalue weighted by molar-refractivity contribution is 0.288. The second kappa shape index (κ2) is 4.82. The molecule has 2 heteroatoms. The fraction of sp³-hybridized carbons (Fsp3) is 0.467. The summed E-state index contributed by atoms with van der Waals surface area (Å²) in [5.41, 5.74) is 0.153. The number of nitrogens with one attached hydrogen (secondary N) is 2. The first-order valence-electron chi connectivity index (χ1n) is 6.48. The molecule has 2 atom stereocenters. The molecule has 0 aliphatic carbocycles. The lowest BCUT2D eigenvalue weighted by atomic mass is 9.77. The third kappa shape index (κ3) is 2.46. The molecule has 0 amide bonds. The summed E-state index contributed by atoms with van der Waals surface area (Å²) in [5.74, 6) is 0. The zero-order valence-electron chi connectivity index (χ0n) is 10.7. The van der Waals surface area contributed by atoms with E-state index in [2.05, 4.69) is 73.3 Å². The number of allylic oxidation sites excluding steroid dienone is 4. The summed E-state index contributed by atoms with van der Waals surface area (Å²) in [4.78, 5) is 0. The predicted octanol–water partition coefficient (Wildman–Crippen LogP) is 3.02. The first-order chi connectivity index (χ1) is 8.24. The van der Waals surface area contributed by atoms with Gasteiger partial charge in [-0.3, -0.25) is 0 Å². The van der Waals surface area contributed by atoms with Crippen molar-refractivity contribution in [2.24, 2.45) is 0 Å². The van der Waals surface area contributed by atoms with Crippen molar-refractivity contribution >= 4 is 0 Å². The highest BCUT2D eigenvalue weighted by Gasteiger charge is 2.36. The van der Waals surface area contributed by atoms with Gasteiger partial charge in [0.05, 0.1) is 11.1 Å². The SMILES string of the molecule is CCC1(CC2(CC)C=CC=CN2)C=CC=CN1. The van der Waals surface area contributed by atoms with Crippen LogP contribution in [-0.2, 0) is 0 Å². The molecule has 0 saturated carbocycles. The van der Waals surface area contributed by atoms with E-state index in [1.54, 1.807) is 0 Å². The molecule has 0 aromatic carbocycles. The minimum Gasteiger partial charge on any atom is -0.382 e. The maximum absolute atomic E-state index is 3.52. The minimum absolute atomic E-state index is 0.0767. The fourth-order valence-corrected chi connectivity index (χ4v) is 2.59. The van der Waals surface area contributed by atoms with Crippen molar-refractivity contribution in [3.05, 3.63) is 48.9 Å². The highest BCUT2D eigenvalue weighted by atomic mass is 15.0. The van der Waals surface area contributed by atoms with Gasteiger partial charge >= 0.3 is 0 Å².